The van der Waals surface area contributed by atoms with Crippen molar-refractivity contribution in [2.45, 2.75) is 19.8 Å². The summed E-state index contributed by atoms with van der Waals surface area (Å²) >= 11 is 3.59. The Hall–Kier alpha value is -2.59. The van der Waals surface area contributed by atoms with Crippen LogP contribution in [-0.4, -0.2) is 26.0 Å². The summed E-state index contributed by atoms with van der Waals surface area (Å²) in [6.07, 6.45) is 1.86. The molecule has 0 saturated carbocycles. The van der Waals surface area contributed by atoms with Gasteiger partial charge in [0.15, 0.2) is 0 Å². The highest BCUT2D eigenvalue weighted by atomic mass is 79.9. The van der Waals surface area contributed by atoms with Crippen LogP contribution in [0.5, 0.6) is 5.75 Å². The second-order valence-corrected chi connectivity index (χ2v) is 8.17. The topological polar surface area (TPSA) is 24.8 Å². The van der Waals surface area contributed by atoms with Gasteiger partial charge in [-0.2, -0.15) is 0 Å². The zero-order valence-electron chi connectivity index (χ0n) is 16.9. The fourth-order valence-corrected chi connectivity index (χ4v) is 4.39. The number of anilines is 1. The fourth-order valence-electron chi connectivity index (χ4n) is 3.98. The van der Waals surface area contributed by atoms with E-state index < -0.39 is 0 Å². The van der Waals surface area contributed by atoms with Crippen molar-refractivity contribution in [3.05, 3.63) is 93.5 Å². The third kappa shape index (κ3) is 4.23. The molecule has 4 rings (SSSR count). The molecule has 0 spiro atoms. The summed E-state index contributed by atoms with van der Waals surface area (Å²) in [6, 6.07) is 23.3. The molecule has 29 heavy (non-hydrogen) atoms. The van der Waals surface area contributed by atoms with Crippen molar-refractivity contribution in [2.24, 2.45) is 4.99 Å². The Bertz CT molecular complexity index is 1030. The number of ether oxygens (including phenoxy) is 1. The van der Waals surface area contributed by atoms with E-state index >= 15 is 0 Å². The van der Waals surface area contributed by atoms with Crippen molar-refractivity contribution in [2.75, 3.05) is 25.1 Å². The summed E-state index contributed by atoms with van der Waals surface area (Å²) in [4.78, 5) is 7.21. The zero-order valence-corrected chi connectivity index (χ0v) is 18.4. The second-order valence-electron chi connectivity index (χ2n) is 7.25. The predicted octanol–water partition coefficient (Wildman–Crippen LogP) is 5.82. The molecule has 0 amide bonds. The number of hydrogen-bond donors (Lipinski definition) is 0. The Morgan fingerprint density at radius 1 is 1.00 bits per heavy atom. The number of aryl methyl sites for hydroxylation is 2. The minimum absolute atomic E-state index is 0.830. The van der Waals surface area contributed by atoms with Gasteiger partial charge in [0.1, 0.15) is 11.6 Å². The van der Waals surface area contributed by atoms with Crippen LogP contribution < -0.4 is 9.64 Å². The summed E-state index contributed by atoms with van der Waals surface area (Å²) in [7, 11) is 1.73. The Morgan fingerprint density at radius 3 is 2.62 bits per heavy atom. The number of hydrogen-bond acceptors (Lipinski definition) is 3. The number of amidine groups is 1. The first-order chi connectivity index (χ1) is 14.2. The van der Waals surface area contributed by atoms with Crippen LogP contribution in [0, 0.1) is 6.92 Å². The minimum atomic E-state index is 0.830. The lowest BCUT2D eigenvalue weighted by Gasteiger charge is -2.23. The minimum Gasteiger partial charge on any atom is -0.496 e. The molecule has 0 radical (unpaired) electrons. The van der Waals surface area contributed by atoms with Gasteiger partial charge in [0.2, 0.25) is 0 Å². The Morgan fingerprint density at radius 2 is 1.83 bits per heavy atom. The van der Waals surface area contributed by atoms with Gasteiger partial charge < -0.3 is 9.64 Å². The highest BCUT2D eigenvalue weighted by molar-refractivity contribution is 9.10. The van der Waals surface area contributed by atoms with Crippen LogP contribution in [0.4, 0.5) is 5.69 Å². The van der Waals surface area contributed by atoms with Gasteiger partial charge in [0, 0.05) is 22.3 Å². The largest absolute Gasteiger partial charge is 0.496 e. The van der Waals surface area contributed by atoms with Crippen molar-refractivity contribution in [3.63, 3.8) is 0 Å². The van der Waals surface area contributed by atoms with Crippen LogP contribution in [0.3, 0.4) is 0 Å². The first kappa shape index (κ1) is 19.7. The number of rotatable bonds is 6. The van der Waals surface area contributed by atoms with E-state index in [9.17, 15) is 0 Å². The molecule has 0 atom stereocenters. The van der Waals surface area contributed by atoms with Gasteiger partial charge in [-0.15, -0.1) is 0 Å². The van der Waals surface area contributed by atoms with Crippen molar-refractivity contribution < 1.29 is 4.74 Å². The average molecular weight is 449 g/mol. The average Bonchev–Trinajstić information content (AvgIpc) is 3.23. The van der Waals surface area contributed by atoms with E-state index in [1.807, 2.05) is 12.1 Å². The summed E-state index contributed by atoms with van der Waals surface area (Å²) in [6.45, 7) is 3.95. The number of para-hydroxylation sites is 1. The van der Waals surface area contributed by atoms with Gasteiger partial charge in [-0.3, -0.25) is 4.99 Å². The van der Waals surface area contributed by atoms with E-state index in [-0.39, 0.29) is 0 Å². The molecule has 3 nitrogen and oxygen atoms in total. The molecule has 1 heterocycles. The molecule has 0 fully saturated rings. The lowest BCUT2D eigenvalue weighted by atomic mass is 9.94. The molecule has 1 aliphatic rings. The number of benzene rings is 3. The number of methoxy groups -OCH3 is 1. The van der Waals surface area contributed by atoms with Gasteiger partial charge in [-0.05, 0) is 66.8 Å². The van der Waals surface area contributed by atoms with Gasteiger partial charge in [0.05, 0.1) is 13.7 Å². The zero-order chi connectivity index (χ0) is 20.2. The van der Waals surface area contributed by atoms with Crippen LogP contribution in [0.15, 0.2) is 76.2 Å². The number of nitrogens with zero attached hydrogens (tertiary/aromatic N) is 2. The lowest BCUT2D eigenvalue weighted by Crippen LogP contribution is -2.29. The quantitative estimate of drug-likeness (QED) is 0.474. The number of aliphatic imine (C=N–C) groups is 1. The van der Waals surface area contributed by atoms with Crippen molar-refractivity contribution in [1.29, 1.82) is 0 Å². The first-order valence-electron chi connectivity index (χ1n) is 9.95. The third-order valence-corrected chi connectivity index (χ3v) is 5.94. The van der Waals surface area contributed by atoms with Crippen molar-refractivity contribution >= 4 is 27.5 Å². The monoisotopic (exact) mass is 448 g/mol. The Labute approximate surface area is 181 Å². The van der Waals surface area contributed by atoms with Crippen molar-refractivity contribution in [3.8, 4) is 5.75 Å². The van der Waals surface area contributed by atoms with E-state index in [2.05, 4.69) is 82.4 Å². The summed E-state index contributed by atoms with van der Waals surface area (Å²) in [5.74, 6) is 2.02. The van der Waals surface area contributed by atoms with Crippen LogP contribution in [0.25, 0.3) is 0 Å². The molecule has 0 bridgehead atoms. The summed E-state index contributed by atoms with van der Waals surface area (Å²) < 4.78 is 6.65. The maximum Gasteiger partial charge on any atom is 0.135 e. The van der Waals surface area contributed by atoms with Crippen LogP contribution >= 0.6 is 15.9 Å². The molecule has 4 heteroatoms. The first-order valence-corrected chi connectivity index (χ1v) is 10.7. The maximum atomic E-state index is 5.57. The molecule has 1 aliphatic heterocycles. The van der Waals surface area contributed by atoms with Crippen LogP contribution in [0.2, 0.25) is 0 Å². The summed E-state index contributed by atoms with van der Waals surface area (Å²) in [5, 5.41) is 0. The highest BCUT2D eigenvalue weighted by Gasteiger charge is 2.23. The standard InChI is InChI=1S/C25H25BrN2O/c1-18-7-6-10-23(25-27-15-16-28(25)21-8-4-3-5-9-21)22(18)13-11-19-17-20(26)12-14-24(19)29-2/h3-10,12,14,17H,11,13,15-16H2,1-2H3. The molecular formula is C25H25BrN2O. The molecular weight excluding hydrogens is 424 g/mol. The van der Waals surface area contributed by atoms with E-state index in [1.54, 1.807) is 7.11 Å². The molecule has 0 aromatic heterocycles. The Balaban J connectivity index is 1.65. The van der Waals surface area contributed by atoms with Gasteiger partial charge >= 0.3 is 0 Å². The van der Waals surface area contributed by atoms with E-state index in [0.717, 1.165) is 42.0 Å². The lowest BCUT2D eigenvalue weighted by molar-refractivity contribution is 0.409. The van der Waals surface area contributed by atoms with Gasteiger partial charge in [0.25, 0.3) is 0 Å². The third-order valence-electron chi connectivity index (χ3n) is 5.45. The molecule has 3 aromatic rings. The SMILES string of the molecule is COc1ccc(Br)cc1CCc1c(C)cccc1C1=NCCN1c1ccccc1. The second kappa shape index (κ2) is 8.83. The normalized spacial score (nSPS) is 13.5. The molecule has 148 valence electrons. The molecule has 0 aliphatic carbocycles. The fraction of sp³-hybridized carbons (Fsp3) is 0.240. The van der Waals surface area contributed by atoms with E-state index in [1.165, 1.54) is 27.9 Å². The molecule has 0 saturated heterocycles. The molecule has 0 N–H and O–H groups in total. The predicted molar refractivity (Wildman–Crippen MR) is 124 cm³/mol. The molecule has 0 unspecified atom stereocenters. The smallest absolute Gasteiger partial charge is 0.135 e. The maximum absolute atomic E-state index is 5.57. The summed E-state index contributed by atoms with van der Waals surface area (Å²) in [5.41, 5.74) is 6.31. The van der Waals surface area contributed by atoms with E-state index in [4.69, 9.17) is 9.73 Å². The van der Waals surface area contributed by atoms with E-state index in [0.29, 0.717) is 0 Å². The Kier molecular flexibility index (Phi) is 6.00. The number of halogens is 1. The molecule has 3 aromatic carbocycles. The highest BCUT2D eigenvalue weighted by Crippen LogP contribution is 2.28. The van der Waals surface area contributed by atoms with Gasteiger partial charge in [-0.1, -0.05) is 52.3 Å². The van der Waals surface area contributed by atoms with Crippen LogP contribution in [0.1, 0.15) is 22.3 Å². The van der Waals surface area contributed by atoms with Crippen LogP contribution in [-0.2, 0) is 12.8 Å². The van der Waals surface area contributed by atoms with Gasteiger partial charge in [-0.25, -0.2) is 0 Å². The van der Waals surface area contributed by atoms with Crippen molar-refractivity contribution in [1.82, 2.24) is 0 Å².